The number of rotatable bonds is 6. The number of aromatic nitrogens is 2. The summed E-state index contributed by atoms with van der Waals surface area (Å²) in [7, 11) is 1.79. The molecule has 0 saturated carbocycles. The van der Waals surface area contributed by atoms with Gasteiger partial charge in [-0.3, -0.25) is 4.99 Å². The van der Waals surface area contributed by atoms with Crippen LogP contribution in [0.25, 0.3) is 5.69 Å². The summed E-state index contributed by atoms with van der Waals surface area (Å²) < 4.78 is 1.88. The van der Waals surface area contributed by atoms with Crippen LogP contribution in [0.4, 0.5) is 0 Å². The van der Waals surface area contributed by atoms with Crippen LogP contribution >= 0.6 is 11.8 Å². The van der Waals surface area contributed by atoms with E-state index in [0.717, 1.165) is 23.8 Å². The first-order valence-electron chi connectivity index (χ1n) is 8.86. The average molecular weight is 380 g/mol. The molecule has 1 heterocycles. The van der Waals surface area contributed by atoms with Gasteiger partial charge in [0.2, 0.25) is 0 Å². The van der Waals surface area contributed by atoms with E-state index in [2.05, 4.69) is 52.1 Å². The summed E-state index contributed by atoms with van der Waals surface area (Å²) in [6.45, 7) is 3.52. The lowest BCUT2D eigenvalue weighted by molar-refractivity contribution is 0.800. The van der Waals surface area contributed by atoms with Gasteiger partial charge in [-0.05, 0) is 42.5 Å². The zero-order valence-electron chi connectivity index (χ0n) is 15.9. The quantitative estimate of drug-likeness (QED) is 0.389. The van der Waals surface area contributed by atoms with E-state index in [4.69, 9.17) is 0 Å². The maximum absolute atomic E-state index is 4.43. The molecule has 0 aliphatic rings. The smallest absolute Gasteiger partial charge is 0.191 e. The number of aliphatic imine (C=N–C) groups is 1. The molecule has 2 N–H and O–H groups in total. The molecule has 0 bridgehead atoms. The Labute approximate surface area is 164 Å². The fourth-order valence-corrected chi connectivity index (χ4v) is 3.46. The van der Waals surface area contributed by atoms with Gasteiger partial charge in [0.25, 0.3) is 0 Å². The van der Waals surface area contributed by atoms with E-state index >= 15 is 0 Å². The SMILES string of the molecule is CN=C(NCc1cnn(-c2ccccc2)c1)NCc1ccc(C)cc1SC. The van der Waals surface area contributed by atoms with Crippen LogP contribution in [0.15, 0.2) is 70.8 Å². The molecule has 6 heteroatoms. The van der Waals surface area contributed by atoms with Gasteiger partial charge < -0.3 is 10.6 Å². The van der Waals surface area contributed by atoms with Gasteiger partial charge in [-0.25, -0.2) is 4.68 Å². The Morgan fingerprint density at radius 2 is 1.89 bits per heavy atom. The van der Waals surface area contributed by atoms with Gasteiger partial charge in [-0.15, -0.1) is 11.8 Å². The normalized spacial score (nSPS) is 11.4. The standard InChI is InChI=1S/C21H25N5S/c1-16-9-10-18(20(11-16)27-3)14-24-21(22-2)23-12-17-13-25-26(15-17)19-7-5-4-6-8-19/h4-11,13,15H,12,14H2,1-3H3,(H2,22,23,24). The molecule has 2 aromatic carbocycles. The summed E-state index contributed by atoms with van der Waals surface area (Å²) in [5, 5.41) is 11.2. The molecule has 140 valence electrons. The monoisotopic (exact) mass is 379 g/mol. The molecule has 0 fully saturated rings. The molecular formula is C21H25N5S. The first kappa shape index (κ1) is 19.0. The summed E-state index contributed by atoms with van der Waals surface area (Å²) in [4.78, 5) is 5.61. The van der Waals surface area contributed by atoms with Crippen LogP contribution in [0.1, 0.15) is 16.7 Å². The van der Waals surface area contributed by atoms with Gasteiger partial charge >= 0.3 is 0 Å². The maximum atomic E-state index is 4.43. The molecule has 0 spiro atoms. The molecule has 0 radical (unpaired) electrons. The molecule has 3 aromatic rings. The number of benzene rings is 2. The topological polar surface area (TPSA) is 54.2 Å². The van der Waals surface area contributed by atoms with E-state index in [1.807, 2.05) is 47.4 Å². The van der Waals surface area contributed by atoms with Crippen molar-refractivity contribution >= 4 is 17.7 Å². The van der Waals surface area contributed by atoms with E-state index < -0.39 is 0 Å². The Bertz CT molecular complexity index is 902. The lowest BCUT2D eigenvalue weighted by Gasteiger charge is -2.13. The van der Waals surface area contributed by atoms with Crippen molar-refractivity contribution in [1.29, 1.82) is 0 Å². The first-order chi connectivity index (χ1) is 13.2. The maximum Gasteiger partial charge on any atom is 0.191 e. The molecule has 0 aliphatic carbocycles. The highest BCUT2D eigenvalue weighted by Crippen LogP contribution is 2.21. The minimum Gasteiger partial charge on any atom is -0.352 e. The van der Waals surface area contributed by atoms with Gasteiger partial charge in [-0.2, -0.15) is 5.10 Å². The van der Waals surface area contributed by atoms with Crippen LogP contribution < -0.4 is 10.6 Å². The summed E-state index contributed by atoms with van der Waals surface area (Å²) in [5.74, 6) is 0.773. The third-order valence-corrected chi connectivity index (χ3v) is 5.05. The van der Waals surface area contributed by atoms with E-state index in [1.54, 1.807) is 18.8 Å². The number of aryl methyl sites for hydroxylation is 1. The number of guanidine groups is 1. The molecular weight excluding hydrogens is 354 g/mol. The van der Waals surface area contributed by atoms with Crippen molar-refractivity contribution < 1.29 is 0 Å². The second-order valence-electron chi connectivity index (χ2n) is 6.22. The van der Waals surface area contributed by atoms with Crippen LogP contribution in [-0.2, 0) is 13.1 Å². The summed E-state index contributed by atoms with van der Waals surface area (Å²) in [5.41, 5.74) is 4.70. The van der Waals surface area contributed by atoms with Crippen LogP contribution in [0.5, 0.6) is 0 Å². The third kappa shape index (κ3) is 5.14. The van der Waals surface area contributed by atoms with Crippen LogP contribution in [-0.4, -0.2) is 29.0 Å². The number of thioether (sulfide) groups is 1. The highest BCUT2D eigenvalue weighted by molar-refractivity contribution is 7.98. The van der Waals surface area contributed by atoms with Crippen LogP contribution in [0.3, 0.4) is 0 Å². The van der Waals surface area contributed by atoms with Crippen molar-refractivity contribution in [3.8, 4) is 5.69 Å². The van der Waals surface area contributed by atoms with Gasteiger partial charge in [0.15, 0.2) is 5.96 Å². The predicted molar refractivity (Wildman–Crippen MR) is 114 cm³/mol. The van der Waals surface area contributed by atoms with Crippen molar-refractivity contribution in [1.82, 2.24) is 20.4 Å². The Hall–Kier alpha value is -2.73. The Kier molecular flexibility index (Phi) is 6.54. The highest BCUT2D eigenvalue weighted by Gasteiger charge is 2.05. The molecule has 0 unspecified atom stereocenters. The molecule has 0 saturated heterocycles. The largest absolute Gasteiger partial charge is 0.352 e. The van der Waals surface area contributed by atoms with E-state index in [-0.39, 0.29) is 0 Å². The fraction of sp³-hybridized carbons (Fsp3) is 0.238. The number of nitrogens with one attached hydrogen (secondary N) is 2. The summed E-state index contributed by atoms with van der Waals surface area (Å²) >= 11 is 1.77. The average Bonchev–Trinajstić information content (AvgIpc) is 3.18. The second kappa shape index (κ2) is 9.28. The lowest BCUT2D eigenvalue weighted by atomic mass is 10.1. The zero-order chi connectivity index (χ0) is 19.1. The molecule has 5 nitrogen and oxygen atoms in total. The minimum absolute atomic E-state index is 0.662. The number of para-hydroxylation sites is 1. The number of hydrogen-bond donors (Lipinski definition) is 2. The van der Waals surface area contributed by atoms with E-state index in [0.29, 0.717) is 6.54 Å². The third-order valence-electron chi connectivity index (χ3n) is 4.23. The van der Waals surface area contributed by atoms with Crippen LogP contribution in [0.2, 0.25) is 0 Å². The van der Waals surface area contributed by atoms with E-state index in [9.17, 15) is 0 Å². The second-order valence-corrected chi connectivity index (χ2v) is 7.07. The zero-order valence-corrected chi connectivity index (χ0v) is 16.8. The predicted octanol–water partition coefficient (Wildman–Crippen LogP) is 3.77. The minimum atomic E-state index is 0.662. The van der Waals surface area contributed by atoms with Gasteiger partial charge in [-0.1, -0.05) is 30.3 Å². The van der Waals surface area contributed by atoms with Gasteiger partial charge in [0, 0.05) is 36.8 Å². The van der Waals surface area contributed by atoms with Crippen molar-refractivity contribution in [2.45, 2.75) is 24.9 Å². The first-order valence-corrected chi connectivity index (χ1v) is 10.1. The Morgan fingerprint density at radius 1 is 1.11 bits per heavy atom. The van der Waals surface area contributed by atoms with Crippen molar-refractivity contribution in [2.24, 2.45) is 4.99 Å². The Morgan fingerprint density at radius 3 is 2.63 bits per heavy atom. The summed E-state index contributed by atoms with van der Waals surface area (Å²) in [6, 6.07) is 16.6. The molecule has 0 atom stereocenters. The van der Waals surface area contributed by atoms with Crippen molar-refractivity contribution in [3.63, 3.8) is 0 Å². The van der Waals surface area contributed by atoms with Crippen LogP contribution in [0, 0.1) is 6.92 Å². The molecule has 3 rings (SSSR count). The number of hydrogen-bond acceptors (Lipinski definition) is 3. The molecule has 0 aliphatic heterocycles. The lowest BCUT2D eigenvalue weighted by Crippen LogP contribution is -2.36. The van der Waals surface area contributed by atoms with Crippen molar-refractivity contribution in [2.75, 3.05) is 13.3 Å². The van der Waals surface area contributed by atoms with E-state index in [1.165, 1.54) is 16.0 Å². The Balaban J connectivity index is 1.56. The van der Waals surface area contributed by atoms with Gasteiger partial charge in [0.1, 0.15) is 0 Å². The fourth-order valence-electron chi connectivity index (χ4n) is 2.76. The van der Waals surface area contributed by atoms with Crippen molar-refractivity contribution in [3.05, 3.63) is 77.6 Å². The highest BCUT2D eigenvalue weighted by atomic mass is 32.2. The molecule has 1 aromatic heterocycles. The van der Waals surface area contributed by atoms with Gasteiger partial charge in [0.05, 0.1) is 11.9 Å². The molecule has 27 heavy (non-hydrogen) atoms. The molecule has 0 amide bonds. The number of nitrogens with zero attached hydrogens (tertiary/aromatic N) is 3. The summed E-state index contributed by atoms with van der Waals surface area (Å²) in [6.07, 6.45) is 6.01.